The number of hydrogen-bond acceptors (Lipinski definition) is 4. The molecule has 1 aliphatic heterocycles. The second-order valence-corrected chi connectivity index (χ2v) is 7.38. The molecule has 1 fully saturated rings. The summed E-state index contributed by atoms with van der Waals surface area (Å²) in [4.78, 5) is 16.6. The van der Waals surface area contributed by atoms with Gasteiger partial charge in [0.05, 0.1) is 0 Å². The number of aliphatic hydroxyl groups excluding tert-OH is 1. The van der Waals surface area contributed by atoms with E-state index < -0.39 is 35.3 Å². The Balaban J connectivity index is 0.00000190. The van der Waals surface area contributed by atoms with E-state index in [1.54, 1.807) is 20.8 Å². The van der Waals surface area contributed by atoms with Crippen molar-refractivity contribution in [2.24, 2.45) is 0 Å². The van der Waals surface area contributed by atoms with Crippen molar-refractivity contribution < 1.29 is 32.2 Å². The van der Waals surface area contributed by atoms with Gasteiger partial charge in [0.25, 0.3) is 0 Å². The van der Waals surface area contributed by atoms with E-state index in [2.05, 4.69) is 4.98 Å². The summed E-state index contributed by atoms with van der Waals surface area (Å²) in [5.74, 6) is 0. The van der Waals surface area contributed by atoms with Gasteiger partial charge in [0.15, 0.2) is 0 Å². The van der Waals surface area contributed by atoms with Crippen LogP contribution in [0.4, 0.5) is 22.4 Å². The van der Waals surface area contributed by atoms with E-state index in [1.807, 2.05) is 13.8 Å². The summed E-state index contributed by atoms with van der Waals surface area (Å²) in [6.45, 7) is 9.23. The summed E-state index contributed by atoms with van der Waals surface area (Å²) in [6.07, 6.45) is -6.28. The van der Waals surface area contributed by atoms with Crippen molar-refractivity contribution in [3.63, 3.8) is 0 Å². The molecule has 2 rings (SSSR count). The molecule has 0 radical (unpaired) electrons. The summed E-state index contributed by atoms with van der Waals surface area (Å²) in [7, 11) is 0. The number of hydrogen-bond donors (Lipinski definition) is 1. The maximum absolute atomic E-state index is 15.1. The number of likely N-dealkylation sites (tertiary alicyclic amines) is 1. The van der Waals surface area contributed by atoms with Crippen LogP contribution in [0.1, 0.15) is 64.8 Å². The average Bonchev–Trinajstić information content (AvgIpc) is 2.61. The molecule has 5 nitrogen and oxygen atoms in total. The van der Waals surface area contributed by atoms with Crippen LogP contribution in [0.2, 0.25) is 0 Å². The molecule has 1 aromatic rings. The van der Waals surface area contributed by atoms with Crippen LogP contribution in [0.3, 0.4) is 0 Å². The molecule has 0 aliphatic carbocycles. The molecule has 0 bridgehead atoms. The van der Waals surface area contributed by atoms with Crippen LogP contribution in [0.25, 0.3) is 0 Å². The maximum atomic E-state index is 15.1. The van der Waals surface area contributed by atoms with Gasteiger partial charge in [-0.3, -0.25) is 4.98 Å². The van der Waals surface area contributed by atoms with Crippen LogP contribution >= 0.6 is 0 Å². The van der Waals surface area contributed by atoms with E-state index in [9.17, 15) is 23.1 Å². The molecule has 28 heavy (non-hydrogen) atoms. The van der Waals surface area contributed by atoms with Gasteiger partial charge in [-0.1, -0.05) is 19.9 Å². The van der Waals surface area contributed by atoms with Crippen LogP contribution < -0.4 is 0 Å². The van der Waals surface area contributed by atoms with Crippen molar-refractivity contribution >= 4 is 6.09 Å². The van der Waals surface area contributed by atoms with Gasteiger partial charge in [-0.25, -0.2) is 9.18 Å². The molecule has 1 aromatic heterocycles. The van der Waals surface area contributed by atoms with E-state index in [-0.39, 0.29) is 31.5 Å². The van der Waals surface area contributed by atoms with Gasteiger partial charge in [0.2, 0.25) is 0 Å². The predicted octanol–water partition coefficient (Wildman–Crippen LogP) is 4.90. The quantitative estimate of drug-likeness (QED) is 0.707. The van der Waals surface area contributed by atoms with Crippen LogP contribution in [-0.2, 0) is 10.9 Å². The normalized spacial score (nSPS) is 18.0. The van der Waals surface area contributed by atoms with Crippen LogP contribution in [0, 0.1) is 0 Å². The zero-order chi connectivity index (χ0) is 21.8. The van der Waals surface area contributed by atoms with Crippen molar-refractivity contribution in [3.05, 3.63) is 29.6 Å². The Morgan fingerprint density at radius 1 is 1.21 bits per heavy atom. The van der Waals surface area contributed by atoms with Gasteiger partial charge in [-0.05, 0) is 26.8 Å². The number of piperidine rings is 1. The fourth-order valence-corrected chi connectivity index (χ4v) is 2.69. The minimum absolute atomic E-state index is 0.0359. The third-order valence-electron chi connectivity index (χ3n) is 4.13. The standard InChI is InChI=1S/C17H22F4N2O3.C2H6/c1-15(2,3)26-14(25)23-8-6-16(18,7-9-23)13(24)11-4-5-12(22-10-11)17(19,20)21;1-2/h4-5,10,13,24H,6-9H2,1-3H3;1-2H3. The maximum Gasteiger partial charge on any atom is 0.433 e. The van der Waals surface area contributed by atoms with Crippen molar-refractivity contribution in [2.75, 3.05) is 13.1 Å². The number of aliphatic hydroxyl groups is 1. The third kappa shape index (κ3) is 6.32. The Labute approximate surface area is 162 Å². The first-order valence-corrected chi connectivity index (χ1v) is 9.20. The molecule has 1 amide bonds. The van der Waals surface area contributed by atoms with Crippen molar-refractivity contribution in [1.29, 1.82) is 0 Å². The van der Waals surface area contributed by atoms with Gasteiger partial charge in [0.1, 0.15) is 23.1 Å². The molecule has 1 unspecified atom stereocenters. The molecule has 1 aliphatic rings. The fourth-order valence-electron chi connectivity index (χ4n) is 2.69. The molecular weight excluding hydrogens is 380 g/mol. The van der Waals surface area contributed by atoms with E-state index in [4.69, 9.17) is 4.74 Å². The first-order chi connectivity index (χ1) is 12.8. The molecule has 0 saturated carbocycles. The van der Waals surface area contributed by atoms with Gasteiger partial charge in [-0.15, -0.1) is 0 Å². The first kappa shape index (κ1) is 24.1. The number of carbonyl (C=O) groups excluding carboxylic acids is 1. The van der Waals surface area contributed by atoms with Gasteiger partial charge >= 0.3 is 12.3 Å². The Morgan fingerprint density at radius 2 is 1.75 bits per heavy atom. The molecule has 0 aromatic carbocycles. The summed E-state index contributed by atoms with van der Waals surface area (Å²) in [6, 6.07) is 1.72. The number of amides is 1. The predicted molar refractivity (Wildman–Crippen MR) is 96.4 cm³/mol. The molecule has 0 spiro atoms. The summed E-state index contributed by atoms with van der Waals surface area (Å²) in [5.41, 5.74) is -3.88. The van der Waals surface area contributed by atoms with Gasteiger partial charge in [-0.2, -0.15) is 13.2 Å². The Hall–Kier alpha value is -1.90. The monoisotopic (exact) mass is 408 g/mol. The fraction of sp³-hybridized carbons (Fsp3) is 0.684. The summed E-state index contributed by atoms with van der Waals surface area (Å²) in [5, 5.41) is 10.3. The molecule has 1 N–H and O–H groups in total. The number of pyridine rings is 1. The minimum atomic E-state index is -4.60. The molecule has 160 valence electrons. The Kier molecular flexibility index (Phi) is 7.82. The number of aromatic nitrogens is 1. The highest BCUT2D eigenvalue weighted by atomic mass is 19.4. The average molecular weight is 408 g/mol. The molecule has 2 heterocycles. The zero-order valence-electron chi connectivity index (χ0n) is 16.8. The summed E-state index contributed by atoms with van der Waals surface area (Å²) < 4.78 is 57.9. The highest BCUT2D eigenvalue weighted by Gasteiger charge is 2.44. The third-order valence-corrected chi connectivity index (χ3v) is 4.13. The number of rotatable bonds is 2. The lowest BCUT2D eigenvalue weighted by Gasteiger charge is -2.39. The topological polar surface area (TPSA) is 62.7 Å². The lowest BCUT2D eigenvalue weighted by molar-refractivity contribution is -0.141. The Morgan fingerprint density at radius 3 is 2.14 bits per heavy atom. The van der Waals surface area contributed by atoms with Crippen molar-refractivity contribution in [2.45, 2.75) is 71.0 Å². The smallest absolute Gasteiger partial charge is 0.433 e. The van der Waals surface area contributed by atoms with Gasteiger partial charge in [0, 0.05) is 37.7 Å². The largest absolute Gasteiger partial charge is 0.444 e. The second kappa shape index (κ2) is 9.07. The SMILES string of the molecule is CC.CC(C)(C)OC(=O)N1CCC(F)(C(O)c2ccc(C(F)(F)F)nc2)CC1. The van der Waals surface area contributed by atoms with Crippen LogP contribution in [-0.4, -0.2) is 45.4 Å². The highest BCUT2D eigenvalue weighted by Crippen LogP contribution is 2.39. The lowest BCUT2D eigenvalue weighted by atomic mass is 9.85. The van der Waals surface area contributed by atoms with Crippen molar-refractivity contribution in [3.8, 4) is 0 Å². The first-order valence-electron chi connectivity index (χ1n) is 9.20. The number of alkyl halides is 4. The molecule has 1 saturated heterocycles. The summed E-state index contributed by atoms with van der Waals surface area (Å²) >= 11 is 0. The van der Waals surface area contributed by atoms with E-state index >= 15 is 4.39 Å². The van der Waals surface area contributed by atoms with Crippen LogP contribution in [0.15, 0.2) is 18.3 Å². The number of halogens is 4. The molecular formula is C19H28F4N2O3. The zero-order valence-corrected chi connectivity index (χ0v) is 16.8. The van der Waals surface area contributed by atoms with E-state index in [1.165, 1.54) is 4.90 Å². The Bertz CT molecular complexity index is 634. The van der Waals surface area contributed by atoms with E-state index in [0.717, 1.165) is 12.3 Å². The molecule has 1 atom stereocenters. The lowest BCUT2D eigenvalue weighted by Crippen LogP contribution is -2.48. The number of ether oxygens (including phenoxy) is 1. The molecule has 9 heteroatoms. The highest BCUT2D eigenvalue weighted by molar-refractivity contribution is 5.68. The minimum Gasteiger partial charge on any atom is -0.444 e. The van der Waals surface area contributed by atoms with Gasteiger partial charge < -0.3 is 14.7 Å². The van der Waals surface area contributed by atoms with Crippen LogP contribution in [0.5, 0.6) is 0 Å². The number of carbonyl (C=O) groups is 1. The number of nitrogens with zero attached hydrogens (tertiary/aromatic N) is 2. The van der Waals surface area contributed by atoms with E-state index in [0.29, 0.717) is 6.07 Å². The second-order valence-electron chi connectivity index (χ2n) is 7.38. The van der Waals surface area contributed by atoms with Crippen molar-refractivity contribution in [1.82, 2.24) is 9.88 Å².